The quantitative estimate of drug-likeness (QED) is 0.683. The van der Waals surface area contributed by atoms with E-state index in [1.807, 2.05) is 25.1 Å². The number of alkyl halides is 1. The predicted octanol–water partition coefficient (Wildman–Crippen LogP) is 2.44. The number of fused-ring (bicyclic) bond motifs is 5. The normalized spacial score (nSPS) is 24.1. The Morgan fingerprint density at radius 1 is 1.32 bits per heavy atom. The van der Waals surface area contributed by atoms with E-state index in [1.54, 1.807) is 4.90 Å². The van der Waals surface area contributed by atoms with Crippen LogP contribution in [0, 0.1) is 0 Å². The van der Waals surface area contributed by atoms with Crippen LogP contribution in [0.3, 0.4) is 0 Å². The van der Waals surface area contributed by atoms with E-state index in [1.165, 1.54) is 4.90 Å². The fourth-order valence-electron chi connectivity index (χ4n) is 3.74. The number of H-pyrrole nitrogens is 1. The molecule has 0 bridgehead atoms. The highest BCUT2D eigenvalue weighted by Crippen LogP contribution is 2.43. The van der Waals surface area contributed by atoms with Crippen molar-refractivity contribution < 1.29 is 9.59 Å². The van der Waals surface area contributed by atoms with Gasteiger partial charge in [-0.05, 0) is 25.0 Å². The molecule has 1 atom stereocenters. The van der Waals surface area contributed by atoms with Crippen LogP contribution in [0.1, 0.15) is 18.2 Å². The number of benzene rings is 1. The SMILES string of the molecule is CC12C(=O)N(CCCl)C(=O)N1CCc1c2[nH]c2ccccc12. The Kier molecular flexibility index (Phi) is 2.78. The molecule has 0 spiro atoms. The second kappa shape index (κ2) is 4.49. The van der Waals surface area contributed by atoms with Gasteiger partial charge in [0.05, 0.1) is 5.69 Å². The lowest BCUT2D eigenvalue weighted by molar-refractivity contribution is -0.133. The molecule has 0 saturated carbocycles. The first-order chi connectivity index (χ1) is 10.6. The van der Waals surface area contributed by atoms with E-state index < -0.39 is 5.54 Å². The fourth-order valence-corrected chi connectivity index (χ4v) is 3.91. The predicted molar refractivity (Wildman–Crippen MR) is 83.9 cm³/mol. The lowest BCUT2D eigenvalue weighted by atomic mass is 9.87. The molecular weight excluding hydrogens is 302 g/mol. The molecule has 0 radical (unpaired) electrons. The lowest BCUT2D eigenvalue weighted by Gasteiger charge is -2.36. The van der Waals surface area contributed by atoms with Crippen LogP contribution in [0.15, 0.2) is 24.3 Å². The summed E-state index contributed by atoms with van der Waals surface area (Å²) in [5.74, 6) is 0.0617. The minimum Gasteiger partial charge on any atom is -0.356 e. The number of carbonyl (C=O) groups is 2. The van der Waals surface area contributed by atoms with Crippen LogP contribution in [0.25, 0.3) is 10.9 Å². The van der Waals surface area contributed by atoms with Gasteiger partial charge in [0.1, 0.15) is 0 Å². The smallest absolute Gasteiger partial charge is 0.328 e. The van der Waals surface area contributed by atoms with Gasteiger partial charge in [-0.1, -0.05) is 18.2 Å². The van der Waals surface area contributed by atoms with E-state index in [9.17, 15) is 9.59 Å². The van der Waals surface area contributed by atoms with Gasteiger partial charge in [-0.25, -0.2) is 4.79 Å². The van der Waals surface area contributed by atoms with E-state index in [0.29, 0.717) is 6.54 Å². The van der Waals surface area contributed by atoms with Gasteiger partial charge in [0, 0.05) is 29.9 Å². The summed E-state index contributed by atoms with van der Waals surface area (Å²) in [6.45, 7) is 2.63. The lowest BCUT2D eigenvalue weighted by Crippen LogP contribution is -2.49. The first-order valence-electron chi connectivity index (χ1n) is 7.38. The number of amides is 3. The summed E-state index contributed by atoms with van der Waals surface area (Å²) in [4.78, 5) is 31.7. The van der Waals surface area contributed by atoms with E-state index in [-0.39, 0.29) is 24.4 Å². The summed E-state index contributed by atoms with van der Waals surface area (Å²) >= 11 is 5.75. The topological polar surface area (TPSA) is 56.4 Å². The second-order valence-electron chi connectivity index (χ2n) is 5.93. The van der Waals surface area contributed by atoms with Crippen LogP contribution >= 0.6 is 11.6 Å². The number of rotatable bonds is 2. The Morgan fingerprint density at radius 3 is 2.86 bits per heavy atom. The number of nitrogens with one attached hydrogen (secondary N) is 1. The van der Waals surface area contributed by atoms with Crippen molar-refractivity contribution in [2.24, 2.45) is 0 Å². The Hall–Kier alpha value is -2.01. The summed E-state index contributed by atoms with van der Waals surface area (Å²) in [6.07, 6.45) is 0.753. The van der Waals surface area contributed by atoms with Crippen molar-refractivity contribution in [1.82, 2.24) is 14.8 Å². The van der Waals surface area contributed by atoms with E-state index in [0.717, 1.165) is 28.6 Å². The number of halogens is 1. The highest BCUT2D eigenvalue weighted by atomic mass is 35.5. The van der Waals surface area contributed by atoms with Gasteiger partial charge in [-0.15, -0.1) is 11.6 Å². The number of urea groups is 1. The highest BCUT2D eigenvalue weighted by Gasteiger charge is 2.58. The average Bonchev–Trinajstić information content (AvgIpc) is 2.99. The van der Waals surface area contributed by atoms with Crippen molar-refractivity contribution >= 4 is 34.4 Å². The van der Waals surface area contributed by atoms with Gasteiger partial charge in [-0.3, -0.25) is 9.69 Å². The number of aromatic amines is 1. The van der Waals surface area contributed by atoms with Crippen molar-refractivity contribution in [1.29, 1.82) is 0 Å². The molecule has 2 aromatic rings. The maximum atomic E-state index is 12.9. The molecule has 5 nitrogen and oxygen atoms in total. The summed E-state index contributed by atoms with van der Waals surface area (Å²) in [5.41, 5.74) is 2.04. The third kappa shape index (κ3) is 1.49. The molecule has 1 N–H and O–H groups in total. The number of imide groups is 1. The number of hydrogen-bond donors (Lipinski definition) is 1. The first-order valence-corrected chi connectivity index (χ1v) is 7.92. The molecule has 1 fully saturated rings. The number of nitrogens with zero attached hydrogens (tertiary/aromatic N) is 2. The first kappa shape index (κ1) is 13.6. The molecule has 114 valence electrons. The Morgan fingerprint density at radius 2 is 2.09 bits per heavy atom. The van der Waals surface area contributed by atoms with Crippen LogP contribution < -0.4 is 0 Å². The molecule has 6 heteroatoms. The fraction of sp³-hybridized carbons (Fsp3) is 0.375. The van der Waals surface area contributed by atoms with Gasteiger partial charge in [0.2, 0.25) is 0 Å². The number of hydrogen-bond acceptors (Lipinski definition) is 2. The highest BCUT2D eigenvalue weighted by molar-refractivity contribution is 6.18. The van der Waals surface area contributed by atoms with E-state index in [2.05, 4.69) is 11.1 Å². The van der Waals surface area contributed by atoms with Crippen molar-refractivity contribution in [3.63, 3.8) is 0 Å². The minimum atomic E-state index is -0.949. The molecular formula is C16H16ClN3O2. The van der Waals surface area contributed by atoms with E-state index >= 15 is 0 Å². The molecule has 3 heterocycles. The zero-order chi connectivity index (χ0) is 15.5. The standard InChI is InChI=1S/C16H16ClN3O2/c1-16-13-11(10-4-2-3-5-12(10)18-13)6-8-20(16)15(22)19(9-7-17)14(16)21/h2-5,18H,6-9H2,1H3. The molecule has 1 aromatic carbocycles. The monoisotopic (exact) mass is 317 g/mol. The Balaban J connectivity index is 1.92. The largest absolute Gasteiger partial charge is 0.356 e. The van der Waals surface area contributed by atoms with Gasteiger partial charge in [0.15, 0.2) is 5.54 Å². The van der Waals surface area contributed by atoms with Crippen LogP contribution in [-0.2, 0) is 16.8 Å². The number of carbonyl (C=O) groups excluding carboxylic acids is 2. The third-order valence-corrected chi connectivity index (χ3v) is 5.03. The summed E-state index contributed by atoms with van der Waals surface area (Å²) in [7, 11) is 0. The van der Waals surface area contributed by atoms with E-state index in [4.69, 9.17) is 11.6 Å². The molecule has 1 unspecified atom stereocenters. The molecule has 1 aromatic heterocycles. The minimum absolute atomic E-state index is 0.189. The van der Waals surface area contributed by atoms with Crippen molar-refractivity contribution in [3.05, 3.63) is 35.5 Å². The molecule has 2 aliphatic heterocycles. The molecule has 1 saturated heterocycles. The van der Waals surface area contributed by atoms with Gasteiger partial charge in [-0.2, -0.15) is 0 Å². The maximum absolute atomic E-state index is 12.9. The number of aromatic nitrogens is 1. The average molecular weight is 318 g/mol. The molecule has 0 aliphatic carbocycles. The number of para-hydroxylation sites is 1. The van der Waals surface area contributed by atoms with Crippen LogP contribution in [0.2, 0.25) is 0 Å². The van der Waals surface area contributed by atoms with Crippen molar-refractivity contribution in [3.8, 4) is 0 Å². The molecule has 2 aliphatic rings. The zero-order valence-electron chi connectivity index (χ0n) is 12.2. The summed E-state index contributed by atoms with van der Waals surface area (Å²) in [5, 5.41) is 1.13. The van der Waals surface area contributed by atoms with Crippen LogP contribution in [0.5, 0.6) is 0 Å². The maximum Gasteiger partial charge on any atom is 0.328 e. The van der Waals surface area contributed by atoms with Crippen LogP contribution in [-0.4, -0.2) is 45.7 Å². The Labute approximate surface area is 132 Å². The second-order valence-corrected chi connectivity index (χ2v) is 6.30. The van der Waals surface area contributed by atoms with Gasteiger partial charge < -0.3 is 9.88 Å². The van der Waals surface area contributed by atoms with Crippen molar-refractivity contribution in [2.45, 2.75) is 18.9 Å². The molecule has 22 heavy (non-hydrogen) atoms. The summed E-state index contributed by atoms with van der Waals surface area (Å²) in [6, 6.07) is 7.77. The van der Waals surface area contributed by atoms with Crippen molar-refractivity contribution in [2.75, 3.05) is 19.0 Å². The van der Waals surface area contributed by atoms with Gasteiger partial charge >= 0.3 is 6.03 Å². The third-order valence-electron chi connectivity index (χ3n) is 4.86. The zero-order valence-corrected chi connectivity index (χ0v) is 13.0. The molecule has 4 rings (SSSR count). The Bertz CT molecular complexity index is 800. The summed E-state index contributed by atoms with van der Waals surface area (Å²) < 4.78 is 0. The van der Waals surface area contributed by atoms with Crippen LogP contribution in [0.4, 0.5) is 4.79 Å². The molecule has 3 amide bonds. The van der Waals surface area contributed by atoms with Gasteiger partial charge in [0.25, 0.3) is 5.91 Å².